The predicted molar refractivity (Wildman–Crippen MR) is 157 cm³/mol. The Labute approximate surface area is 250 Å². The molecule has 4 aromatic rings. The molecule has 5 unspecified atom stereocenters. The van der Waals surface area contributed by atoms with Crippen LogP contribution in [0.4, 0.5) is 0 Å². The summed E-state index contributed by atoms with van der Waals surface area (Å²) in [6.07, 6.45) is -8.15. The van der Waals surface area contributed by atoms with Crippen molar-refractivity contribution in [3.63, 3.8) is 0 Å². The summed E-state index contributed by atoms with van der Waals surface area (Å²) in [6.45, 7) is -1.31. The van der Waals surface area contributed by atoms with Crippen molar-refractivity contribution in [2.75, 3.05) is 6.61 Å². The monoisotopic (exact) mass is 578 g/mol. The lowest BCUT2D eigenvalue weighted by Gasteiger charge is -2.66. The van der Waals surface area contributed by atoms with E-state index >= 15 is 0 Å². The molecule has 0 saturated carbocycles. The third-order valence-electron chi connectivity index (χ3n) is 7.55. The molecule has 1 aliphatic heterocycles. The molecule has 1 fully saturated rings. The van der Waals surface area contributed by atoms with Gasteiger partial charge in [0.1, 0.15) is 16.8 Å². The molecule has 0 amide bonds. The van der Waals surface area contributed by atoms with Gasteiger partial charge in [-0.05, 0) is 22.3 Å². The highest BCUT2D eigenvalue weighted by atomic mass is 35.5. The number of hydrogen-bond acceptors (Lipinski definition) is 6. The van der Waals surface area contributed by atoms with E-state index < -0.39 is 59.8 Å². The lowest BCUT2D eigenvalue weighted by molar-refractivity contribution is -0.441. The molecule has 1 heterocycles. The maximum absolute atomic E-state index is 13.3. The lowest BCUT2D eigenvalue weighted by atomic mass is 9.55. The van der Waals surface area contributed by atoms with E-state index in [-0.39, 0.29) is 22.3 Å². The minimum absolute atomic E-state index is 0.0137. The van der Waals surface area contributed by atoms with E-state index in [2.05, 4.69) is 0 Å². The predicted octanol–water partition coefficient (Wildman–Crippen LogP) is 3.80. The van der Waals surface area contributed by atoms with Crippen LogP contribution in [-0.4, -0.2) is 59.8 Å². The van der Waals surface area contributed by atoms with Gasteiger partial charge in [-0.2, -0.15) is 0 Å². The van der Waals surface area contributed by atoms with Crippen LogP contribution in [0, 0.1) is 0 Å². The summed E-state index contributed by atoms with van der Waals surface area (Å²) in [5.41, 5.74) is -13.0. The first-order valence-corrected chi connectivity index (χ1v) is 13.5. The smallest absolute Gasteiger partial charge is 0.280 e. The fourth-order valence-corrected chi connectivity index (χ4v) is 5.76. The van der Waals surface area contributed by atoms with Crippen LogP contribution in [0.15, 0.2) is 121 Å². The number of aliphatic hydroxyl groups is 5. The lowest BCUT2D eigenvalue weighted by Crippen LogP contribution is -2.88. The second-order valence-electron chi connectivity index (χ2n) is 10.2. The Morgan fingerprint density at radius 1 is 0.512 bits per heavy atom. The molecule has 9 atom stereocenters. The van der Waals surface area contributed by atoms with Crippen molar-refractivity contribution in [3.05, 3.63) is 144 Å². The molecule has 7 heteroatoms. The number of rotatable bonds is 9. The maximum Gasteiger partial charge on any atom is 0.280 e. The molecule has 0 bridgehead atoms. The normalized spacial score (nSPS) is 36.0. The zero-order chi connectivity index (χ0) is 32.7. The van der Waals surface area contributed by atoms with E-state index in [0.717, 1.165) is 0 Å². The first-order chi connectivity index (χ1) is 21.3. The van der Waals surface area contributed by atoms with Crippen LogP contribution in [0.5, 0.6) is 0 Å². The van der Waals surface area contributed by atoms with Crippen molar-refractivity contribution in [2.24, 2.45) is 0 Å². The van der Waals surface area contributed by atoms with Gasteiger partial charge in [0.25, 0.3) is 5.25 Å². The minimum Gasteiger partial charge on any atom is -0.393 e. The Kier molecular flexibility index (Phi) is 6.76. The highest BCUT2D eigenvalue weighted by Crippen LogP contribution is 2.58. The van der Waals surface area contributed by atoms with Gasteiger partial charge >= 0.3 is 0 Å². The van der Waals surface area contributed by atoms with Crippen LogP contribution in [0.2, 0.25) is 0 Å². The number of ether oxygens (including phenoxy) is 1. The summed E-state index contributed by atoms with van der Waals surface area (Å²) in [5, 5.41) is 58.9. The van der Waals surface area contributed by atoms with Gasteiger partial charge < -0.3 is 30.3 Å². The van der Waals surface area contributed by atoms with Gasteiger partial charge in [0, 0.05) is 31.1 Å². The summed E-state index contributed by atoms with van der Waals surface area (Å²) in [6, 6.07) is 30.7. The van der Waals surface area contributed by atoms with Crippen molar-refractivity contribution >= 4 is 11.6 Å². The summed E-state index contributed by atoms with van der Waals surface area (Å²) in [7, 11) is 0. The van der Waals surface area contributed by atoms with Crippen LogP contribution in [0.3, 0.4) is 0 Å². The van der Waals surface area contributed by atoms with Crippen molar-refractivity contribution in [1.29, 1.82) is 0 Å². The van der Waals surface area contributed by atoms with E-state index in [4.69, 9.17) is 16.3 Å². The summed E-state index contributed by atoms with van der Waals surface area (Å²) < 4.78 is 43.6. The first kappa shape index (κ1) is 24.5. The number of aliphatic hydroxyl groups excluding tert-OH is 1. The molecule has 1 saturated heterocycles. The number of hydrogen-bond donors (Lipinski definition) is 5. The summed E-state index contributed by atoms with van der Waals surface area (Å²) in [5.74, 6) is 0. The molecular formula is C34H35ClO6. The Morgan fingerprint density at radius 3 is 1.20 bits per heavy atom. The average molecular weight is 579 g/mol. The van der Waals surface area contributed by atoms with E-state index in [0.29, 0.717) is 0 Å². The molecule has 0 aliphatic carbocycles. The van der Waals surface area contributed by atoms with Crippen LogP contribution >= 0.6 is 11.6 Å². The Hall–Kier alpha value is -3.07. The standard InChI is InChI=1S/C34H35ClO6/c35-34(40)33(39,24-29-19-11-4-12-20-29)32(38,23-28-17-9-3-10-18-28)31(37,22-27-15-7-2-8-16-27)30(25-36,41-34)21-26-13-5-1-6-14-26/h1-20,36-40H,21-25H2/t30-,31-,32+,33-,34?/m1/s1/i21D,22D,23D,24D/t21?,22?,23?,24?,30-,31-,32+,33-,34?. The molecular weight excluding hydrogens is 540 g/mol. The Bertz CT molecular complexity index is 1570. The third-order valence-corrected chi connectivity index (χ3v) is 7.92. The largest absolute Gasteiger partial charge is 0.393 e. The first-order valence-electron chi connectivity index (χ1n) is 15.4. The number of halogens is 1. The number of alkyl halides is 1. The fraction of sp³-hybridized carbons (Fsp3) is 0.294. The molecule has 214 valence electrons. The van der Waals surface area contributed by atoms with Gasteiger partial charge in [0.15, 0.2) is 5.60 Å². The van der Waals surface area contributed by atoms with Crippen molar-refractivity contribution < 1.29 is 35.8 Å². The van der Waals surface area contributed by atoms with Crippen molar-refractivity contribution in [3.8, 4) is 0 Å². The Morgan fingerprint density at radius 2 is 0.829 bits per heavy atom. The molecule has 0 radical (unpaired) electrons. The second-order valence-corrected chi connectivity index (χ2v) is 10.7. The van der Waals surface area contributed by atoms with Crippen molar-refractivity contribution in [1.82, 2.24) is 0 Å². The van der Waals surface area contributed by atoms with Crippen LogP contribution in [0.25, 0.3) is 0 Å². The molecule has 0 aromatic heterocycles. The molecule has 41 heavy (non-hydrogen) atoms. The highest BCUT2D eigenvalue weighted by molar-refractivity contribution is 6.22. The molecule has 6 nitrogen and oxygen atoms in total. The van der Waals surface area contributed by atoms with Gasteiger partial charge in [-0.25, -0.2) is 0 Å². The number of benzene rings is 4. The zero-order valence-corrected chi connectivity index (χ0v) is 22.8. The Balaban J connectivity index is 1.93. The quantitative estimate of drug-likeness (QED) is 0.193. The minimum atomic E-state index is -3.52. The summed E-state index contributed by atoms with van der Waals surface area (Å²) in [4.78, 5) is 0. The second kappa shape index (κ2) is 11.3. The summed E-state index contributed by atoms with van der Waals surface area (Å²) >= 11 is 6.67. The average Bonchev–Trinajstić information content (AvgIpc) is 3.09. The van der Waals surface area contributed by atoms with Gasteiger partial charge in [-0.3, -0.25) is 0 Å². The van der Waals surface area contributed by atoms with Gasteiger partial charge in [-0.15, -0.1) is 0 Å². The zero-order valence-electron chi connectivity index (χ0n) is 26.1. The van der Waals surface area contributed by atoms with Crippen LogP contribution < -0.4 is 0 Å². The molecule has 5 rings (SSSR count). The van der Waals surface area contributed by atoms with Gasteiger partial charge in [0.05, 0.1) is 6.61 Å². The fourth-order valence-electron chi connectivity index (χ4n) is 5.42. The highest BCUT2D eigenvalue weighted by Gasteiger charge is 2.80. The SMILES string of the molecule is [2H]C(c1ccccc1)[C@]1(O)[C@@](O)(C([2H])c2ccccc2)[C@](O)(C([2H])c2ccccc2)C(O)(Cl)O[C@@]1(CO)C([2H])c1ccccc1. The topological polar surface area (TPSA) is 110 Å². The van der Waals surface area contributed by atoms with Crippen LogP contribution in [0.1, 0.15) is 27.7 Å². The van der Waals surface area contributed by atoms with Gasteiger partial charge in [0.2, 0.25) is 0 Å². The third kappa shape index (κ3) is 5.11. The van der Waals surface area contributed by atoms with Crippen LogP contribution in [-0.2, 0) is 30.3 Å². The van der Waals surface area contributed by atoms with E-state index in [1.54, 1.807) is 72.8 Å². The molecule has 5 N–H and O–H groups in total. The van der Waals surface area contributed by atoms with Crippen molar-refractivity contribution in [2.45, 2.75) is 53.2 Å². The van der Waals surface area contributed by atoms with Gasteiger partial charge in [-0.1, -0.05) is 133 Å². The molecule has 1 aliphatic rings. The van der Waals surface area contributed by atoms with E-state index in [1.807, 2.05) is 0 Å². The van der Waals surface area contributed by atoms with E-state index in [9.17, 15) is 31.0 Å². The molecule has 0 spiro atoms. The molecule has 4 aromatic carbocycles. The van der Waals surface area contributed by atoms with E-state index in [1.165, 1.54) is 48.5 Å². The maximum atomic E-state index is 13.3.